The average molecular weight is 1340 g/mol. The van der Waals surface area contributed by atoms with Gasteiger partial charge in [-0.1, -0.05) is 20.3 Å². The van der Waals surface area contributed by atoms with E-state index in [0.29, 0.717) is 70.9 Å². The van der Waals surface area contributed by atoms with Crippen LogP contribution in [0.3, 0.4) is 0 Å². The van der Waals surface area contributed by atoms with Gasteiger partial charge in [-0.3, -0.25) is 24.1 Å². The van der Waals surface area contributed by atoms with Gasteiger partial charge in [-0.15, -0.1) is 0 Å². The van der Waals surface area contributed by atoms with E-state index >= 15 is 0 Å². The van der Waals surface area contributed by atoms with Crippen LogP contribution in [0.1, 0.15) is 123 Å². The van der Waals surface area contributed by atoms with Crippen molar-refractivity contribution in [3.8, 4) is 0 Å². The lowest BCUT2D eigenvalue weighted by atomic mass is 10.0. The van der Waals surface area contributed by atoms with Crippen molar-refractivity contribution >= 4 is 37.9 Å². The van der Waals surface area contributed by atoms with Crippen LogP contribution in [0.4, 0.5) is 0 Å². The predicted molar refractivity (Wildman–Crippen MR) is 333 cm³/mol. The summed E-state index contributed by atoms with van der Waals surface area (Å²) in [6.07, 6.45) is -8.60. The van der Waals surface area contributed by atoms with E-state index in [9.17, 15) is 90.4 Å². The Balaban J connectivity index is 6.22. The molecule has 4 amide bonds. The second kappa shape index (κ2) is 54.2. The molecule has 538 valence electrons. The van der Waals surface area contributed by atoms with Crippen molar-refractivity contribution in [1.82, 2.24) is 31.1 Å². The van der Waals surface area contributed by atoms with E-state index in [0.717, 1.165) is 0 Å². The minimum atomic E-state index is -3.87. The van der Waals surface area contributed by atoms with Gasteiger partial charge in [0.1, 0.15) is 30.6 Å². The fourth-order valence-electron chi connectivity index (χ4n) is 9.23. The Hall–Kier alpha value is -2.94. The third-order valence-corrected chi connectivity index (χ3v) is 15.7. The highest BCUT2D eigenvalue weighted by molar-refractivity contribution is 7.58. The molecule has 0 aromatic carbocycles. The van der Waals surface area contributed by atoms with Crippen LogP contribution in [0.15, 0.2) is 0 Å². The highest BCUT2D eigenvalue weighted by Gasteiger charge is 2.33. The zero-order chi connectivity index (χ0) is 68.6. The van der Waals surface area contributed by atoms with E-state index in [-0.39, 0.29) is 168 Å². The number of hydrogen-bond acceptors (Lipinski definition) is 28. The Morgan fingerprint density at radius 1 is 0.495 bits per heavy atom. The molecule has 0 fully saturated rings. The molecule has 91 heavy (non-hydrogen) atoms. The van der Waals surface area contributed by atoms with Crippen LogP contribution in [0.25, 0.3) is 0 Å². The molecular weight excluding hydrogens is 1230 g/mol. The molecule has 22 N–H and O–H groups in total. The van der Waals surface area contributed by atoms with Gasteiger partial charge in [0.2, 0.25) is 23.6 Å². The van der Waals surface area contributed by atoms with E-state index in [2.05, 4.69) is 26.2 Å². The summed E-state index contributed by atoms with van der Waals surface area (Å²) in [6.45, 7) is 4.06. The Kier molecular flexibility index (Phi) is 52.5. The molecule has 32 nitrogen and oxygen atoms in total. The summed E-state index contributed by atoms with van der Waals surface area (Å²) in [6, 6.07) is -4.63. The first-order valence-corrected chi connectivity index (χ1v) is 33.8. The van der Waals surface area contributed by atoms with Crippen molar-refractivity contribution in [3.05, 3.63) is 0 Å². The monoisotopic (exact) mass is 1340 g/mol. The number of hydrogen-bond donors (Lipinski definition) is 21. The topological polar surface area (TPSA) is 527 Å². The first-order chi connectivity index (χ1) is 43.2. The second-order valence-corrected chi connectivity index (χ2v) is 25.2. The number of nitrogens with two attached hydrogens (primary N) is 1. The molecule has 0 aromatic rings. The molecule has 0 spiro atoms. The lowest BCUT2D eigenvalue weighted by Gasteiger charge is -2.32. The lowest BCUT2D eigenvalue weighted by molar-refractivity contribution is -0.133. The molecule has 0 bridgehead atoms. The smallest absolute Gasteiger partial charge is 0.396 e. The number of unbranched alkanes of at least 4 members (excludes halogenated alkanes) is 4. The maximum absolute atomic E-state index is 14.4. The molecule has 13 atom stereocenters. The maximum Gasteiger partial charge on any atom is 0.406 e. The Labute approximate surface area is 536 Å². The number of nitrogens with one attached hydrogen (secondary N) is 4. The van der Waals surface area contributed by atoms with Gasteiger partial charge in [-0.2, -0.15) is 14.7 Å². The highest BCUT2D eigenvalue weighted by Crippen LogP contribution is 2.43. The predicted octanol–water partition coefficient (Wildman–Crippen LogP) is -6.00. The molecule has 0 rings (SSSR count). The van der Waals surface area contributed by atoms with Crippen LogP contribution in [0.2, 0.25) is 0 Å². The van der Waals surface area contributed by atoms with Gasteiger partial charge in [0.15, 0.2) is 6.16 Å². The maximum atomic E-state index is 14.4. The molecule has 0 aliphatic rings. The van der Waals surface area contributed by atoms with Crippen LogP contribution >= 0.6 is 7.94 Å². The molecule has 0 saturated carbocycles. The number of aldehydes is 1. The number of aliphatic hydroxyl groups is 13. The van der Waals surface area contributed by atoms with E-state index < -0.39 is 125 Å². The average Bonchev–Trinajstić information content (AvgIpc) is 3.53. The summed E-state index contributed by atoms with van der Waals surface area (Å²) >= 11 is 0. The summed E-state index contributed by atoms with van der Waals surface area (Å²) < 4.78 is 21.4. The fraction of sp³-hybridized carbons (Fsp3) is 0.914. The second-order valence-electron chi connectivity index (χ2n) is 23.3. The zero-order valence-corrected chi connectivity index (χ0v) is 54.5. The van der Waals surface area contributed by atoms with Gasteiger partial charge < -0.3 is 122 Å². The van der Waals surface area contributed by atoms with Crippen LogP contribution in [0.5, 0.6) is 0 Å². The van der Waals surface area contributed by atoms with Crippen molar-refractivity contribution < 1.29 is 124 Å². The molecule has 0 aliphatic carbocycles. The van der Waals surface area contributed by atoms with Gasteiger partial charge in [0, 0.05) is 52.2 Å². The van der Waals surface area contributed by atoms with Crippen LogP contribution < -0.4 is 27.0 Å². The SMILES string of the molecule is CC(C)C(C=O)NC(=O)C(CCCCN(CC(O)C(O)C(O)CCO)CC(O)C(O)C(O)CCO)NC(=O)[C@H](CCCCNC(=O)CCOCCOCCOCCOCC[P+](O)(O)O)NC(=O)C(N)CCCCN(CCCCC(O)CO)CC[C@@H](O)CC(O)CO. The largest absolute Gasteiger partial charge is 0.406 e. The third kappa shape index (κ3) is 46.0. The summed E-state index contributed by atoms with van der Waals surface area (Å²) in [4.78, 5) is 97.4. The number of carbonyl (C=O) groups is 5. The van der Waals surface area contributed by atoms with Gasteiger partial charge in [0.05, 0.1) is 121 Å². The molecule has 0 heterocycles. The standard InChI is InChI=1S/C58H116N7O25P/c1-41(2)48(40-70)63-58(83)47(14-6-10-22-65(36-51(76)54(79)49(74)16-24-66)37-52(77)55(80)50(75)17-25-67)62-57(82)46(13-3-7-19-60-53(78)18-26-87-27-28-88-29-30-89-31-32-90-33-34-91(84,85)86)61-56(81)45(59)12-5-9-21-64(20-8-4-11-43(72)38-68)23-15-42(71)35-44(73)39-69/h40-52,54-55,66-69,71-77,79-80,84-86H,3-39,59H2,1-2H3,(H3-,60,61,62,63,78,81,82,83)/p+1/t42-,43?,44?,45?,46+,47?,48?,49?,50?,51?,52?,54?,55?/m1/s1. The summed E-state index contributed by atoms with van der Waals surface area (Å²) in [5, 5.41) is 141. The summed E-state index contributed by atoms with van der Waals surface area (Å²) in [5.41, 5.74) is 6.44. The fourth-order valence-corrected chi connectivity index (χ4v) is 9.60. The van der Waals surface area contributed by atoms with Crippen molar-refractivity contribution in [3.63, 3.8) is 0 Å². The number of nitrogens with zero attached hydrogens (tertiary/aromatic N) is 2. The number of carbonyl (C=O) groups excluding carboxylic acids is 5. The molecule has 0 saturated heterocycles. The van der Waals surface area contributed by atoms with Gasteiger partial charge in [-0.05, 0) is 115 Å². The van der Waals surface area contributed by atoms with E-state index in [4.69, 9.17) is 39.4 Å². The Bertz CT molecular complexity index is 1820. The molecular formula is C58H117N7O25P+. The first kappa shape index (κ1) is 88.1. The first-order valence-electron chi connectivity index (χ1n) is 32.0. The van der Waals surface area contributed by atoms with Crippen molar-refractivity contribution in [2.24, 2.45) is 11.7 Å². The quantitative estimate of drug-likeness (QED) is 0.0153. The molecule has 33 heteroatoms. The number of rotatable bonds is 62. The summed E-state index contributed by atoms with van der Waals surface area (Å²) in [5.74, 6) is -2.84. The van der Waals surface area contributed by atoms with E-state index in [1.54, 1.807) is 13.8 Å². The third-order valence-electron chi connectivity index (χ3n) is 14.9. The van der Waals surface area contributed by atoms with Crippen LogP contribution in [-0.4, -0.2) is 331 Å². The van der Waals surface area contributed by atoms with Gasteiger partial charge >= 0.3 is 7.94 Å². The van der Waals surface area contributed by atoms with Gasteiger partial charge in [0.25, 0.3) is 0 Å². The molecule has 11 unspecified atom stereocenters. The normalized spacial score (nSPS) is 16.5. The Morgan fingerprint density at radius 2 is 0.945 bits per heavy atom. The minimum Gasteiger partial charge on any atom is -0.396 e. The highest BCUT2D eigenvalue weighted by atomic mass is 31.2. The Morgan fingerprint density at radius 3 is 1.43 bits per heavy atom. The lowest BCUT2D eigenvalue weighted by Crippen LogP contribution is -2.57. The number of aliphatic hydroxyl groups excluding tert-OH is 13. The molecule has 0 aliphatic heterocycles. The van der Waals surface area contributed by atoms with E-state index in [1.807, 2.05) is 0 Å². The summed E-state index contributed by atoms with van der Waals surface area (Å²) in [7, 11) is -3.87. The van der Waals surface area contributed by atoms with Crippen LogP contribution in [-0.2, 0) is 42.9 Å². The zero-order valence-electron chi connectivity index (χ0n) is 53.6. The minimum absolute atomic E-state index is 0.00794. The van der Waals surface area contributed by atoms with E-state index in [1.165, 1.54) is 4.90 Å². The van der Waals surface area contributed by atoms with Crippen molar-refractivity contribution in [2.75, 3.05) is 131 Å². The number of amides is 4. The van der Waals surface area contributed by atoms with Crippen LogP contribution in [0, 0.1) is 5.92 Å². The number of ether oxygens (including phenoxy) is 4. The van der Waals surface area contributed by atoms with Crippen molar-refractivity contribution in [2.45, 2.75) is 202 Å². The van der Waals surface area contributed by atoms with Gasteiger partial charge in [-0.25, -0.2) is 0 Å². The molecule has 0 aromatic heterocycles. The molecule has 0 radical (unpaired) electrons. The van der Waals surface area contributed by atoms with Crippen molar-refractivity contribution in [1.29, 1.82) is 0 Å².